The average molecular weight is 481 g/mol. The van der Waals surface area contributed by atoms with E-state index in [0.29, 0.717) is 55.8 Å². The molecule has 0 aliphatic rings. The van der Waals surface area contributed by atoms with Crippen LogP contribution >= 0.6 is 12.2 Å². The van der Waals surface area contributed by atoms with Crippen molar-refractivity contribution >= 4 is 28.9 Å². The molecule has 0 aliphatic carbocycles. The number of hydrogen-bond acceptors (Lipinski definition) is 6. The zero-order valence-electron chi connectivity index (χ0n) is 19.0. The molecule has 0 saturated carbocycles. The average Bonchev–Trinajstić information content (AvgIpc) is 2.86. The summed E-state index contributed by atoms with van der Waals surface area (Å²) in [6.07, 6.45) is 0. The fourth-order valence-corrected chi connectivity index (χ4v) is 3.15. The van der Waals surface area contributed by atoms with E-state index >= 15 is 0 Å². The van der Waals surface area contributed by atoms with Crippen LogP contribution in [0.5, 0.6) is 17.2 Å². The number of nitrogens with one attached hydrogen (secondary N) is 2. The number of carbonyl (C=O) groups excluding carboxylic acids is 1. The predicted octanol–water partition coefficient (Wildman–Crippen LogP) is 4.69. The molecular weight excluding hydrogens is 452 g/mol. The van der Waals surface area contributed by atoms with Crippen LogP contribution in [0.1, 0.15) is 17.3 Å². The maximum atomic E-state index is 12.6. The number of anilines is 1. The molecule has 0 saturated heterocycles. The Bertz CT molecular complexity index is 1060. The van der Waals surface area contributed by atoms with Gasteiger partial charge in [-0.15, -0.1) is 0 Å². The minimum Gasteiger partial charge on any atom is -0.491 e. The van der Waals surface area contributed by atoms with Gasteiger partial charge >= 0.3 is 0 Å². The van der Waals surface area contributed by atoms with E-state index in [1.807, 2.05) is 61.5 Å². The van der Waals surface area contributed by atoms with Gasteiger partial charge in [0.2, 0.25) is 0 Å². The molecule has 1 amide bonds. The van der Waals surface area contributed by atoms with Gasteiger partial charge < -0.3 is 24.3 Å². The molecule has 0 radical (unpaired) electrons. The molecule has 7 nitrogen and oxygen atoms in total. The lowest BCUT2D eigenvalue weighted by Crippen LogP contribution is -2.34. The quantitative estimate of drug-likeness (QED) is 0.288. The predicted molar refractivity (Wildman–Crippen MR) is 136 cm³/mol. The van der Waals surface area contributed by atoms with Gasteiger partial charge in [-0.2, -0.15) is 0 Å². The van der Waals surface area contributed by atoms with Crippen molar-refractivity contribution in [3.8, 4) is 17.2 Å². The molecule has 178 valence electrons. The second-order valence-corrected chi connectivity index (χ2v) is 7.40. The lowest BCUT2D eigenvalue weighted by molar-refractivity contribution is 0.0976. The first kappa shape index (κ1) is 25.0. The third kappa shape index (κ3) is 8.38. The molecule has 0 bridgehead atoms. The van der Waals surface area contributed by atoms with E-state index in [1.165, 1.54) is 0 Å². The van der Waals surface area contributed by atoms with Crippen LogP contribution in [-0.4, -0.2) is 44.1 Å². The highest BCUT2D eigenvalue weighted by molar-refractivity contribution is 7.80. The Morgan fingerprint density at radius 3 is 2.29 bits per heavy atom. The minimum atomic E-state index is -0.345. The van der Waals surface area contributed by atoms with E-state index in [-0.39, 0.29) is 11.0 Å². The number of hydrogen-bond donors (Lipinski definition) is 2. The monoisotopic (exact) mass is 480 g/mol. The molecule has 0 aliphatic heterocycles. The lowest BCUT2D eigenvalue weighted by atomic mass is 10.2. The van der Waals surface area contributed by atoms with Gasteiger partial charge in [-0.25, -0.2) is 0 Å². The Hall–Kier alpha value is -3.62. The highest BCUT2D eigenvalue weighted by atomic mass is 32.1. The summed E-state index contributed by atoms with van der Waals surface area (Å²) in [7, 11) is 0. The van der Waals surface area contributed by atoms with Crippen molar-refractivity contribution in [2.75, 3.05) is 38.4 Å². The van der Waals surface area contributed by atoms with Gasteiger partial charge in [-0.3, -0.25) is 10.1 Å². The van der Waals surface area contributed by atoms with Gasteiger partial charge in [0, 0.05) is 12.2 Å². The minimum absolute atomic E-state index is 0.157. The molecule has 0 spiro atoms. The van der Waals surface area contributed by atoms with Crippen molar-refractivity contribution < 1.29 is 23.7 Å². The van der Waals surface area contributed by atoms with Gasteiger partial charge in [0.05, 0.1) is 12.3 Å². The summed E-state index contributed by atoms with van der Waals surface area (Å²) in [5, 5.41) is 5.86. The summed E-state index contributed by atoms with van der Waals surface area (Å²) in [6.45, 7) is 4.19. The Morgan fingerprint density at radius 2 is 1.47 bits per heavy atom. The molecule has 0 heterocycles. The summed E-state index contributed by atoms with van der Waals surface area (Å²) in [6, 6.07) is 23.8. The summed E-state index contributed by atoms with van der Waals surface area (Å²) in [4.78, 5) is 12.6. The van der Waals surface area contributed by atoms with E-state index in [4.69, 9.17) is 31.2 Å². The second-order valence-electron chi connectivity index (χ2n) is 6.99. The number of ether oxygens (including phenoxy) is 4. The van der Waals surface area contributed by atoms with Crippen LogP contribution in [0, 0.1) is 0 Å². The zero-order chi connectivity index (χ0) is 24.0. The highest BCUT2D eigenvalue weighted by Crippen LogP contribution is 2.23. The van der Waals surface area contributed by atoms with Crippen LogP contribution in [0.3, 0.4) is 0 Å². The first-order chi connectivity index (χ1) is 16.7. The van der Waals surface area contributed by atoms with Crippen LogP contribution in [0.2, 0.25) is 0 Å². The van der Waals surface area contributed by atoms with Crippen molar-refractivity contribution in [1.29, 1.82) is 0 Å². The first-order valence-electron chi connectivity index (χ1n) is 11.0. The Balaban J connectivity index is 1.49. The molecule has 34 heavy (non-hydrogen) atoms. The van der Waals surface area contributed by atoms with Crippen LogP contribution in [0.25, 0.3) is 0 Å². The fraction of sp³-hybridized carbons (Fsp3) is 0.231. The summed E-state index contributed by atoms with van der Waals surface area (Å²) in [5.41, 5.74) is 1.07. The molecule has 3 rings (SSSR count). The van der Waals surface area contributed by atoms with Crippen LogP contribution in [0.4, 0.5) is 5.69 Å². The molecule has 0 fully saturated rings. The molecule has 8 heteroatoms. The second kappa shape index (κ2) is 13.8. The smallest absolute Gasteiger partial charge is 0.257 e. The molecule has 0 aromatic heterocycles. The van der Waals surface area contributed by atoms with Gasteiger partial charge in [0.15, 0.2) is 5.11 Å². The number of rotatable bonds is 12. The van der Waals surface area contributed by atoms with E-state index in [0.717, 1.165) is 5.75 Å². The van der Waals surface area contributed by atoms with Gasteiger partial charge in [-0.1, -0.05) is 36.4 Å². The van der Waals surface area contributed by atoms with Gasteiger partial charge in [0.1, 0.15) is 37.1 Å². The van der Waals surface area contributed by atoms with Crippen LogP contribution < -0.4 is 24.8 Å². The number of benzene rings is 3. The standard InChI is InChI=1S/C26H28N2O5S/c1-2-30-15-16-32-22-12-8-9-20(19-22)25(29)28-26(34)27-23-13-6-7-14-24(23)33-18-17-31-21-10-4-3-5-11-21/h3-14,19H,2,15-18H2,1H3,(H2,27,28,29,34). The van der Waals surface area contributed by atoms with E-state index in [9.17, 15) is 4.79 Å². The maximum Gasteiger partial charge on any atom is 0.257 e. The van der Waals surface area contributed by atoms with E-state index < -0.39 is 0 Å². The molecule has 3 aromatic rings. The number of carbonyl (C=O) groups is 1. The largest absolute Gasteiger partial charge is 0.491 e. The number of para-hydroxylation sites is 3. The highest BCUT2D eigenvalue weighted by Gasteiger charge is 2.11. The third-order valence-electron chi connectivity index (χ3n) is 4.51. The normalized spacial score (nSPS) is 10.3. The molecular formula is C26H28N2O5S. The fourth-order valence-electron chi connectivity index (χ4n) is 2.94. The molecule has 3 aromatic carbocycles. The van der Waals surface area contributed by atoms with E-state index in [1.54, 1.807) is 24.3 Å². The summed E-state index contributed by atoms with van der Waals surface area (Å²) >= 11 is 5.33. The van der Waals surface area contributed by atoms with Crippen LogP contribution in [0.15, 0.2) is 78.9 Å². The SMILES string of the molecule is CCOCCOc1cccc(C(=O)NC(=S)Nc2ccccc2OCCOc2ccccc2)c1. The third-order valence-corrected chi connectivity index (χ3v) is 4.72. The first-order valence-corrected chi connectivity index (χ1v) is 11.4. The molecule has 0 unspecified atom stereocenters. The van der Waals surface area contributed by atoms with Crippen molar-refractivity contribution in [2.45, 2.75) is 6.92 Å². The Morgan fingerprint density at radius 1 is 0.794 bits per heavy atom. The van der Waals surface area contributed by atoms with Crippen LogP contribution in [-0.2, 0) is 4.74 Å². The van der Waals surface area contributed by atoms with E-state index in [2.05, 4.69) is 10.6 Å². The van der Waals surface area contributed by atoms with Crippen molar-refractivity contribution in [2.24, 2.45) is 0 Å². The summed E-state index contributed by atoms with van der Waals surface area (Å²) in [5.74, 6) is 1.62. The molecule has 0 atom stereocenters. The zero-order valence-corrected chi connectivity index (χ0v) is 19.8. The topological polar surface area (TPSA) is 78.1 Å². The number of thiocarbonyl (C=S) groups is 1. The van der Waals surface area contributed by atoms with Crippen molar-refractivity contribution in [3.05, 3.63) is 84.4 Å². The Kier molecular flexibility index (Phi) is 10.2. The lowest BCUT2D eigenvalue weighted by Gasteiger charge is -2.15. The maximum absolute atomic E-state index is 12.6. The van der Waals surface area contributed by atoms with Gasteiger partial charge in [-0.05, 0) is 61.6 Å². The Labute approximate surface area is 205 Å². The summed E-state index contributed by atoms with van der Waals surface area (Å²) < 4.78 is 22.4. The van der Waals surface area contributed by atoms with Gasteiger partial charge in [0.25, 0.3) is 5.91 Å². The van der Waals surface area contributed by atoms with Crippen molar-refractivity contribution in [1.82, 2.24) is 5.32 Å². The molecule has 2 N–H and O–H groups in total. The number of amides is 1. The van der Waals surface area contributed by atoms with Crippen molar-refractivity contribution in [3.63, 3.8) is 0 Å².